The van der Waals surface area contributed by atoms with Crippen molar-refractivity contribution < 1.29 is 0 Å². The number of rotatable bonds is 3. The molecule has 1 saturated carbocycles. The third-order valence-corrected chi connectivity index (χ3v) is 5.85. The van der Waals surface area contributed by atoms with E-state index in [0.29, 0.717) is 0 Å². The Morgan fingerprint density at radius 2 is 1.33 bits per heavy atom. The maximum Gasteiger partial charge on any atom is 0.0110 e. The molecule has 0 spiro atoms. The van der Waals surface area contributed by atoms with Gasteiger partial charge in [-0.25, -0.2) is 0 Å². The van der Waals surface area contributed by atoms with Crippen molar-refractivity contribution in [3.63, 3.8) is 0 Å². The van der Waals surface area contributed by atoms with Crippen LogP contribution in [0.5, 0.6) is 0 Å². The molecule has 2 aliphatic rings. The van der Waals surface area contributed by atoms with E-state index in [9.17, 15) is 0 Å². The van der Waals surface area contributed by atoms with E-state index in [2.05, 4.69) is 64.8 Å². The van der Waals surface area contributed by atoms with Crippen LogP contribution in [0.25, 0.3) is 11.1 Å². The Kier molecular flexibility index (Phi) is 4.96. The van der Waals surface area contributed by atoms with Gasteiger partial charge >= 0.3 is 0 Å². The quantitative estimate of drug-likeness (QED) is 0.908. The largest absolute Gasteiger partial charge is 0.314 e. The summed E-state index contributed by atoms with van der Waals surface area (Å²) < 4.78 is 0. The van der Waals surface area contributed by atoms with Gasteiger partial charge in [-0.1, -0.05) is 54.6 Å². The lowest BCUT2D eigenvalue weighted by molar-refractivity contribution is 0.133. The van der Waals surface area contributed by atoms with Gasteiger partial charge in [-0.15, -0.1) is 0 Å². The summed E-state index contributed by atoms with van der Waals surface area (Å²) in [6.45, 7) is 4.81. The third-order valence-electron chi connectivity index (χ3n) is 5.85. The second-order valence-corrected chi connectivity index (χ2v) is 7.28. The van der Waals surface area contributed by atoms with E-state index < -0.39 is 0 Å². The second-order valence-electron chi connectivity index (χ2n) is 7.28. The Bertz CT molecular complexity index is 621. The van der Waals surface area contributed by atoms with E-state index in [1.165, 1.54) is 68.6 Å². The highest BCUT2D eigenvalue weighted by Gasteiger charge is 2.27. The molecule has 0 unspecified atom stereocenters. The minimum absolute atomic E-state index is 0.758. The van der Waals surface area contributed by atoms with Crippen LogP contribution in [-0.2, 0) is 0 Å². The Morgan fingerprint density at radius 1 is 0.708 bits per heavy atom. The minimum atomic E-state index is 0.758. The van der Waals surface area contributed by atoms with Gasteiger partial charge in [0.2, 0.25) is 0 Å². The van der Waals surface area contributed by atoms with E-state index in [4.69, 9.17) is 0 Å². The van der Waals surface area contributed by atoms with Gasteiger partial charge in [0.25, 0.3) is 0 Å². The summed E-state index contributed by atoms with van der Waals surface area (Å²) in [6.07, 6.45) is 5.43. The van der Waals surface area contributed by atoms with Crippen molar-refractivity contribution in [2.24, 2.45) is 0 Å². The lowest BCUT2D eigenvalue weighted by Crippen LogP contribution is -2.49. The van der Waals surface area contributed by atoms with Crippen LogP contribution < -0.4 is 5.32 Å². The van der Waals surface area contributed by atoms with Crippen molar-refractivity contribution in [3.05, 3.63) is 60.2 Å². The predicted octanol–water partition coefficient (Wildman–Crippen LogP) is 4.29. The molecule has 1 aliphatic heterocycles. The molecular formula is C22H28N2. The molecule has 1 saturated heterocycles. The van der Waals surface area contributed by atoms with Gasteiger partial charge in [0, 0.05) is 32.2 Å². The summed E-state index contributed by atoms with van der Waals surface area (Å²) in [5, 5.41) is 3.47. The molecular weight excluding hydrogens is 292 g/mol. The SMILES string of the molecule is c1ccc(-c2ccc(C3CCC(N4CCNCC4)CC3)cc2)cc1. The van der Waals surface area contributed by atoms with E-state index >= 15 is 0 Å². The van der Waals surface area contributed by atoms with Crippen LogP contribution in [0.3, 0.4) is 0 Å². The zero-order chi connectivity index (χ0) is 16.2. The fourth-order valence-corrected chi connectivity index (χ4v) is 4.40. The number of benzene rings is 2. The fraction of sp³-hybridized carbons (Fsp3) is 0.455. The lowest BCUT2D eigenvalue weighted by atomic mass is 9.81. The molecule has 4 rings (SSSR count). The first-order valence-electron chi connectivity index (χ1n) is 9.50. The van der Waals surface area contributed by atoms with Gasteiger partial charge in [-0.05, 0) is 48.3 Å². The molecule has 0 atom stereocenters. The van der Waals surface area contributed by atoms with Crippen LogP contribution in [0.4, 0.5) is 0 Å². The highest BCUT2D eigenvalue weighted by atomic mass is 15.2. The Hall–Kier alpha value is -1.64. The number of hydrogen-bond donors (Lipinski definition) is 1. The summed E-state index contributed by atoms with van der Waals surface area (Å²) in [5.74, 6) is 0.758. The van der Waals surface area contributed by atoms with Crippen molar-refractivity contribution in [2.75, 3.05) is 26.2 Å². The first-order chi connectivity index (χ1) is 11.9. The molecule has 24 heavy (non-hydrogen) atoms. The van der Waals surface area contributed by atoms with Crippen molar-refractivity contribution in [2.45, 2.75) is 37.6 Å². The molecule has 0 bridgehead atoms. The Balaban J connectivity index is 1.37. The van der Waals surface area contributed by atoms with Crippen molar-refractivity contribution in [3.8, 4) is 11.1 Å². The van der Waals surface area contributed by atoms with Gasteiger partial charge in [0.15, 0.2) is 0 Å². The zero-order valence-electron chi connectivity index (χ0n) is 14.5. The molecule has 1 N–H and O–H groups in total. The van der Waals surface area contributed by atoms with Gasteiger partial charge in [-0.2, -0.15) is 0 Å². The highest BCUT2D eigenvalue weighted by molar-refractivity contribution is 5.63. The molecule has 2 heteroatoms. The number of nitrogens with one attached hydrogen (secondary N) is 1. The van der Waals surface area contributed by atoms with Crippen LogP contribution in [0.15, 0.2) is 54.6 Å². The van der Waals surface area contributed by atoms with Crippen molar-refractivity contribution >= 4 is 0 Å². The van der Waals surface area contributed by atoms with Gasteiger partial charge in [0.1, 0.15) is 0 Å². The smallest absolute Gasteiger partial charge is 0.0110 e. The first-order valence-corrected chi connectivity index (χ1v) is 9.50. The van der Waals surface area contributed by atoms with Gasteiger partial charge in [0.05, 0.1) is 0 Å². The average molecular weight is 320 g/mol. The zero-order valence-corrected chi connectivity index (χ0v) is 14.5. The maximum atomic E-state index is 3.47. The van der Waals surface area contributed by atoms with Crippen LogP contribution in [0.2, 0.25) is 0 Å². The standard InChI is InChI=1S/C22H28N2/c1-2-4-18(5-3-1)19-6-8-20(9-7-19)21-10-12-22(13-11-21)24-16-14-23-15-17-24/h1-9,21-23H,10-17H2. The summed E-state index contributed by atoms with van der Waals surface area (Å²) in [7, 11) is 0. The number of nitrogens with zero attached hydrogens (tertiary/aromatic N) is 1. The lowest BCUT2D eigenvalue weighted by Gasteiger charge is -2.39. The number of piperazine rings is 1. The van der Waals surface area contributed by atoms with Crippen LogP contribution >= 0.6 is 0 Å². The van der Waals surface area contributed by atoms with Gasteiger partial charge in [-0.3, -0.25) is 4.90 Å². The van der Waals surface area contributed by atoms with Gasteiger partial charge < -0.3 is 5.32 Å². The predicted molar refractivity (Wildman–Crippen MR) is 101 cm³/mol. The highest BCUT2D eigenvalue weighted by Crippen LogP contribution is 2.35. The topological polar surface area (TPSA) is 15.3 Å². The minimum Gasteiger partial charge on any atom is -0.314 e. The maximum absolute atomic E-state index is 3.47. The van der Waals surface area contributed by atoms with E-state index in [-0.39, 0.29) is 0 Å². The summed E-state index contributed by atoms with van der Waals surface area (Å²) in [4.78, 5) is 2.71. The van der Waals surface area contributed by atoms with E-state index in [0.717, 1.165) is 12.0 Å². The molecule has 2 fully saturated rings. The van der Waals surface area contributed by atoms with Crippen LogP contribution in [0.1, 0.15) is 37.2 Å². The Labute approximate surface area is 145 Å². The summed E-state index contributed by atoms with van der Waals surface area (Å²) in [5.41, 5.74) is 4.17. The molecule has 1 aliphatic carbocycles. The molecule has 0 amide bonds. The average Bonchev–Trinajstić information content (AvgIpc) is 2.70. The summed E-state index contributed by atoms with van der Waals surface area (Å²) >= 11 is 0. The molecule has 2 aromatic rings. The molecule has 126 valence electrons. The van der Waals surface area contributed by atoms with E-state index in [1.807, 2.05) is 0 Å². The molecule has 1 heterocycles. The third kappa shape index (κ3) is 3.55. The van der Waals surface area contributed by atoms with Crippen LogP contribution in [-0.4, -0.2) is 37.1 Å². The monoisotopic (exact) mass is 320 g/mol. The second kappa shape index (κ2) is 7.50. The van der Waals surface area contributed by atoms with Crippen LogP contribution in [0, 0.1) is 0 Å². The first kappa shape index (κ1) is 15.9. The molecule has 2 aromatic carbocycles. The van der Waals surface area contributed by atoms with Crippen molar-refractivity contribution in [1.29, 1.82) is 0 Å². The summed E-state index contributed by atoms with van der Waals surface area (Å²) in [6, 6.07) is 20.8. The van der Waals surface area contributed by atoms with Crippen molar-refractivity contribution in [1.82, 2.24) is 10.2 Å². The van der Waals surface area contributed by atoms with E-state index in [1.54, 1.807) is 0 Å². The molecule has 2 nitrogen and oxygen atoms in total. The Morgan fingerprint density at radius 3 is 2.00 bits per heavy atom. The molecule has 0 radical (unpaired) electrons. The number of hydrogen-bond acceptors (Lipinski definition) is 2. The normalized spacial score (nSPS) is 25.5. The fourth-order valence-electron chi connectivity index (χ4n) is 4.40. The molecule has 0 aromatic heterocycles.